The molecule has 1 heterocycles. The second-order valence-electron chi connectivity index (χ2n) is 5.54. The van der Waals surface area contributed by atoms with Crippen LogP contribution in [0.25, 0.3) is 0 Å². The van der Waals surface area contributed by atoms with E-state index in [9.17, 15) is 24.9 Å². The fourth-order valence-electron chi connectivity index (χ4n) is 2.86. The highest BCUT2D eigenvalue weighted by atomic mass is 16.3. The smallest absolute Gasteiger partial charge is 0.263 e. The summed E-state index contributed by atoms with van der Waals surface area (Å²) < 4.78 is 0. The number of para-hydroxylation sites is 1. The molecule has 0 bridgehead atoms. The number of hydrogen-bond donors (Lipinski definition) is 3. The molecule has 1 aliphatic heterocycles. The van der Waals surface area contributed by atoms with Crippen molar-refractivity contribution >= 4 is 17.4 Å². The first kappa shape index (κ1) is 15.1. The van der Waals surface area contributed by atoms with E-state index in [1.807, 2.05) is 0 Å². The predicted molar refractivity (Wildman–Crippen MR) is 82.5 cm³/mol. The van der Waals surface area contributed by atoms with Crippen molar-refractivity contribution in [1.82, 2.24) is 0 Å². The van der Waals surface area contributed by atoms with Gasteiger partial charge in [0, 0.05) is 12.6 Å². The molecule has 0 radical (unpaired) electrons. The summed E-state index contributed by atoms with van der Waals surface area (Å²) in [5.74, 6) is -1.75. The number of nitrogens with zero attached hydrogens (tertiary/aromatic N) is 1. The molecule has 1 aliphatic rings. The average molecular weight is 313 g/mol. The summed E-state index contributed by atoms with van der Waals surface area (Å²) >= 11 is 0. The van der Waals surface area contributed by atoms with Gasteiger partial charge in [0.15, 0.2) is 11.4 Å². The Morgan fingerprint density at radius 2 is 1.87 bits per heavy atom. The van der Waals surface area contributed by atoms with Crippen LogP contribution in [-0.4, -0.2) is 34.1 Å². The van der Waals surface area contributed by atoms with Crippen LogP contribution < -0.4 is 4.90 Å². The average Bonchev–Trinajstić information content (AvgIpc) is 2.72. The zero-order valence-corrected chi connectivity index (χ0v) is 12.4. The van der Waals surface area contributed by atoms with Gasteiger partial charge in [-0.1, -0.05) is 18.2 Å². The number of Topliss-reactive ketones (excluding diaryl/α,β-unsaturated/α-hetero) is 1. The molecule has 118 valence electrons. The summed E-state index contributed by atoms with van der Waals surface area (Å²) in [4.78, 5) is 26.2. The summed E-state index contributed by atoms with van der Waals surface area (Å²) in [5.41, 5.74) is -1.24. The van der Waals surface area contributed by atoms with Crippen molar-refractivity contribution in [3.63, 3.8) is 0 Å². The maximum atomic E-state index is 12.4. The number of carbonyl (C=O) groups excluding carboxylic acids is 2. The van der Waals surface area contributed by atoms with E-state index in [4.69, 9.17) is 0 Å². The zero-order valence-electron chi connectivity index (χ0n) is 12.4. The number of carbonyl (C=O) groups is 2. The minimum absolute atomic E-state index is 0.141. The van der Waals surface area contributed by atoms with Crippen LogP contribution >= 0.6 is 0 Å². The topological polar surface area (TPSA) is 98.1 Å². The second-order valence-corrected chi connectivity index (χ2v) is 5.54. The molecule has 0 saturated carbocycles. The maximum Gasteiger partial charge on any atom is 0.263 e. The van der Waals surface area contributed by atoms with E-state index in [1.54, 1.807) is 24.3 Å². The summed E-state index contributed by atoms with van der Waals surface area (Å²) in [6, 6.07) is 10.2. The second kappa shape index (κ2) is 5.10. The van der Waals surface area contributed by atoms with Gasteiger partial charge < -0.3 is 20.2 Å². The van der Waals surface area contributed by atoms with Gasteiger partial charge in [0.2, 0.25) is 0 Å². The monoisotopic (exact) mass is 313 g/mol. The van der Waals surface area contributed by atoms with Gasteiger partial charge in [-0.15, -0.1) is 0 Å². The standard InChI is InChI=1S/C17H15NO5/c1-18-13-5-3-2-4-12(13)17(23,16(18)22)9-15(21)11-8-10(19)6-7-14(11)20/h2-8,19-20,23H,9H2,1H3/t17-/m1/s1. The predicted octanol–water partition coefficient (Wildman–Crippen LogP) is 1.53. The molecule has 6 heteroatoms. The molecular formula is C17H15NO5. The minimum Gasteiger partial charge on any atom is -0.508 e. The van der Waals surface area contributed by atoms with Crippen molar-refractivity contribution in [2.45, 2.75) is 12.0 Å². The van der Waals surface area contributed by atoms with Crippen molar-refractivity contribution in [3.8, 4) is 11.5 Å². The van der Waals surface area contributed by atoms with E-state index in [0.29, 0.717) is 11.3 Å². The Kier molecular flexibility index (Phi) is 3.34. The molecule has 1 amide bonds. The molecule has 0 aromatic heterocycles. The molecule has 6 nitrogen and oxygen atoms in total. The number of phenolic OH excluding ortho intramolecular Hbond substituents is 2. The molecule has 2 aromatic rings. The molecule has 0 spiro atoms. The first-order valence-corrected chi connectivity index (χ1v) is 7.00. The lowest BCUT2D eigenvalue weighted by atomic mass is 9.88. The minimum atomic E-state index is -1.99. The van der Waals surface area contributed by atoms with Crippen molar-refractivity contribution in [2.75, 3.05) is 11.9 Å². The highest BCUT2D eigenvalue weighted by Crippen LogP contribution is 2.42. The fourth-order valence-corrected chi connectivity index (χ4v) is 2.86. The highest BCUT2D eigenvalue weighted by molar-refractivity contribution is 6.11. The molecule has 3 N–H and O–H groups in total. The zero-order chi connectivity index (χ0) is 16.8. The van der Waals surface area contributed by atoms with E-state index < -0.39 is 23.7 Å². The van der Waals surface area contributed by atoms with Crippen molar-refractivity contribution < 1.29 is 24.9 Å². The highest BCUT2D eigenvalue weighted by Gasteiger charge is 2.49. The number of fused-ring (bicyclic) bond motifs is 1. The quantitative estimate of drug-likeness (QED) is 0.590. The van der Waals surface area contributed by atoms with Crippen LogP contribution in [0.15, 0.2) is 42.5 Å². The van der Waals surface area contributed by atoms with E-state index in [0.717, 1.165) is 6.07 Å². The normalized spacial score (nSPS) is 19.7. The van der Waals surface area contributed by atoms with Gasteiger partial charge in [-0.25, -0.2) is 0 Å². The molecule has 0 saturated heterocycles. The van der Waals surface area contributed by atoms with Gasteiger partial charge in [0.1, 0.15) is 11.5 Å². The Balaban J connectivity index is 2.00. The summed E-state index contributed by atoms with van der Waals surface area (Å²) in [7, 11) is 1.52. The van der Waals surface area contributed by atoms with Crippen LogP contribution in [0.1, 0.15) is 22.3 Å². The number of anilines is 1. The number of rotatable bonds is 3. The van der Waals surface area contributed by atoms with E-state index >= 15 is 0 Å². The number of benzene rings is 2. The van der Waals surface area contributed by atoms with E-state index in [1.165, 1.54) is 24.1 Å². The first-order valence-electron chi connectivity index (χ1n) is 7.00. The van der Waals surface area contributed by atoms with Gasteiger partial charge in [0.05, 0.1) is 17.7 Å². The largest absolute Gasteiger partial charge is 0.508 e. The summed E-state index contributed by atoms with van der Waals surface area (Å²) in [6.07, 6.45) is -0.524. The third kappa shape index (κ3) is 2.24. The molecule has 3 rings (SSSR count). The molecular weight excluding hydrogens is 298 g/mol. The molecule has 0 aliphatic carbocycles. The Labute approximate surface area is 132 Å². The third-order valence-corrected chi connectivity index (χ3v) is 4.07. The molecule has 0 unspecified atom stereocenters. The van der Waals surface area contributed by atoms with Crippen LogP contribution in [0.4, 0.5) is 5.69 Å². The number of amides is 1. The van der Waals surface area contributed by atoms with Crippen LogP contribution in [-0.2, 0) is 10.4 Å². The summed E-state index contributed by atoms with van der Waals surface area (Å²) in [6.45, 7) is 0. The summed E-state index contributed by atoms with van der Waals surface area (Å²) in [5, 5.41) is 30.0. The molecule has 2 aromatic carbocycles. The molecule has 0 fully saturated rings. The van der Waals surface area contributed by atoms with Gasteiger partial charge >= 0.3 is 0 Å². The number of ketones is 1. The SMILES string of the molecule is CN1C(=O)[C@@](O)(CC(=O)c2cc(O)ccc2O)c2ccccc21. The van der Waals surface area contributed by atoms with Crippen LogP contribution in [0, 0.1) is 0 Å². The number of aliphatic hydroxyl groups is 1. The fraction of sp³-hybridized carbons (Fsp3) is 0.176. The maximum absolute atomic E-state index is 12.4. The number of likely N-dealkylation sites (N-methyl/N-ethyl adjacent to an activating group) is 1. The van der Waals surface area contributed by atoms with Gasteiger partial charge in [-0.05, 0) is 24.3 Å². The Morgan fingerprint density at radius 3 is 2.61 bits per heavy atom. The third-order valence-electron chi connectivity index (χ3n) is 4.07. The van der Waals surface area contributed by atoms with E-state index in [-0.39, 0.29) is 17.1 Å². The Bertz CT molecular complexity index is 816. The van der Waals surface area contributed by atoms with E-state index in [2.05, 4.69) is 0 Å². The van der Waals surface area contributed by atoms with Crippen LogP contribution in [0.3, 0.4) is 0 Å². The Hall–Kier alpha value is -2.86. The lowest BCUT2D eigenvalue weighted by molar-refractivity contribution is -0.135. The lowest BCUT2D eigenvalue weighted by Gasteiger charge is -2.21. The van der Waals surface area contributed by atoms with Crippen molar-refractivity contribution in [1.29, 1.82) is 0 Å². The number of phenols is 2. The number of hydrogen-bond acceptors (Lipinski definition) is 5. The first-order chi connectivity index (χ1) is 10.8. The number of aromatic hydroxyl groups is 2. The lowest BCUT2D eigenvalue weighted by Crippen LogP contribution is -2.40. The van der Waals surface area contributed by atoms with Crippen LogP contribution in [0.2, 0.25) is 0 Å². The van der Waals surface area contributed by atoms with Crippen molar-refractivity contribution in [3.05, 3.63) is 53.6 Å². The van der Waals surface area contributed by atoms with Gasteiger partial charge in [-0.2, -0.15) is 0 Å². The van der Waals surface area contributed by atoms with Crippen molar-refractivity contribution in [2.24, 2.45) is 0 Å². The molecule has 1 atom stereocenters. The Morgan fingerprint density at radius 1 is 1.17 bits per heavy atom. The molecule has 23 heavy (non-hydrogen) atoms. The van der Waals surface area contributed by atoms with Crippen LogP contribution in [0.5, 0.6) is 11.5 Å². The van der Waals surface area contributed by atoms with Gasteiger partial charge in [-0.3, -0.25) is 9.59 Å². The van der Waals surface area contributed by atoms with Gasteiger partial charge in [0.25, 0.3) is 5.91 Å².